The molecule has 0 bridgehead atoms. The second-order valence-corrected chi connectivity index (χ2v) is 24.5. The Balaban J connectivity index is 4.34. The highest BCUT2D eigenvalue weighted by Crippen LogP contribution is 2.18. The van der Waals surface area contributed by atoms with Gasteiger partial charge in [0.2, 0.25) is 0 Å². The van der Waals surface area contributed by atoms with E-state index in [-0.39, 0.29) is 31.1 Å². The molecule has 0 heterocycles. The van der Waals surface area contributed by atoms with Gasteiger partial charge in [-0.05, 0) is 89.9 Å². The van der Waals surface area contributed by atoms with Crippen LogP contribution in [0.1, 0.15) is 380 Å². The van der Waals surface area contributed by atoms with Crippen molar-refractivity contribution in [1.29, 1.82) is 0 Å². The number of carbonyl (C=O) groups excluding carboxylic acids is 3. The van der Waals surface area contributed by atoms with Gasteiger partial charge in [0.15, 0.2) is 6.10 Å². The van der Waals surface area contributed by atoms with Gasteiger partial charge in [-0.15, -0.1) is 0 Å². The predicted octanol–water partition coefficient (Wildman–Crippen LogP) is 25.2. The van der Waals surface area contributed by atoms with Crippen molar-refractivity contribution in [3.05, 3.63) is 72.9 Å². The Labute approximate surface area is 516 Å². The standard InChI is InChI=1S/C77H138O6/c1-4-7-10-13-16-19-22-25-28-31-34-36-38-40-43-46-49-52-55-58-61-64-67-70-76(79)82-73-74(72-81-75(78)69-66-63-60-57-54-51-48-45-42-33-30-27-24-21-18-15-12-9-6-3)83-77(80)71-68-65-62-59-56-53-50-47-44-41-39-37-35-32-29-26-23-20-17-14-11-8-5-2/h7,10,16,18-19,21,25,27-28,30,34,36,74H,4-6,8-9,11-15,17,20,22-24,26,29,31-33,35,37-73H2,1-3H3/b10-7-,19-16-,21-18-,28-25-,30-27-,36-34-. The maximum atomic E-state index is 13.0. The Morgan fingerprint density at radius 1 is 0.253 bits per heavy atom. The molecule has 1 atom stereocenters. The summed E-state index contributed by atoms with van der Waals surface area (Å²) in [5, 5.41) is 0. The molecule has 0 saturated heterocycles. The molecule has 0 aromatic heterocycles. The summed E-state index contributed by atoms with van der Waals surface area (Å²) >= 11 is 0. The largest absolute Gasteiger partial charge is 0.462 e. The molecule has 0 amide bonds. The van der Waals surface area contributed by atoms with Crippen LogP contribution in [0.2, 0.25) is 0 Å². The predicted molar refractivity (Wildman–Crippen MR) is 362 cm³/mol. The first-order valence-electron chi connectivity index (χ1n) is 36.4. The van der Waals surface area contributed by atoms with Gasteiger partial charge in [0, 0.05) is 19.3 Å². The summed E-state index contributed by atoms with van der Waals surface area (Å²) in [6, 6.07) is 0. The van der Waals surface area contributed by atoms with Gasteiger partial charge in [-0.25, -0.2) is 0 Å². The first kappa shape index (κ1) is 79.8. The van der Waals surface area contributed by atoms with Crippen LogP contribution in [-0.2, 0) is 28.6 Å². The van der Waals surface area contributed by atoms with Gasteiger partial charge in [-0.1, -0.05) is 344 Å². The minimum absolute atomic E-state index is 0.0749. The summed E-state index contributed by atoms with van der Waals surface area (Å²) in [6.07, 6.45) is 93.5. The molecule has 0 radical (unpaired) electrons. The zero-order valence-corrected chi connectivity index (χ0v) is 55.5. The maximum absolute atomic E-state index is 13.0. The number of unbranched alkanes of at least 4 members (excludes halogenated alkanes) is 44. The molecule has 0 aliphatic heterocycles. The second kappa shape index (κ2) is 71.3. The van der Waals surface area contributed by atoms with E-state index in [0.717, 1.165) is 89.9 Å². The lowest BCUT2D eigenvalue weighted by Crippen LogP contribution is -2.30. The fourth-order valence-electron chi connectivity index (χ4n) is 10.8. The quantitative estimate of drug-likeness (QED) is 0.0261. The zero-order chi connectivity index (χ0) is 59.9. The van der Waals surface area contributed by atoms with E-state index in [1.807, 2.05) is 0 Å². The Morgan fingerprint density at radius 3 is 0.759 bits per heavy atom. The van der Waals surface area contributed by atoms with Crippen LogP contribution in [-0.4, -0.2) is 37.2 Å². The van der Waals surface area contributed by atoms with E-state index in [1.54, 1.807) is 0 Å². The lowest BCUT2D eigenvalue weighted by Gasteiger charge is -2.18. The highest BCUT2D eigenvalue weighted by molar-refractivity contribution is 5.71. The molecule has 0 aliphatic rings. The molecule has 0 aromatic carbocycles. The summed E-state index contributed by atoms with van der Waals surface area (Å²) in [4.78, 5) is 38.5. The van der Waals surface area contributed by atoms with Gasteiger partial charge in [-0.3, -0.25) is 14.4 Å². The minimum Gasteiger partial charge on any atom is -0.462 e. The van der Waals surface area contributed by atoms with Crippen LogP contribution in [0.4, 0.5) is 0 Å². The van der Waals surface area contributed by atoms with Gasteiger partial charge < -0.3 is 14.2 Å². The fourth-order valence-corrected chi connectivity index (χ4v) is 10.8. The zero-order valence-electron chi connectivity index (χ0n) is 55.5. The third-order valence-electron chi connectivity index (χ3n) is 16.2. The van der Waals surface area contributed by atoms with Gasteiger partial charge in [0.25, 0.3) is 0 Å². The molecule has 482 valence electrons. The Morgan fingerprint density at radius 2 is 0.470 bits per heavy atom. The lowest BCUT2D eigenvalue weighted by atomic mass is 10.0. The topological polar surface area (TPSA) is 78.9 Å². The van der Waals surface area contributed by atoms with E-state index in [0.29, 0.717) is 19.3 Å². The number of ether oxygens (including phenoxy) is 3. The Kier molecular flexibility index (Phi) is 68.6. The molecule has 0 aromatic rings. The van der Waals surface area contributed by atoms with Crippen LogP contribution >= 0.6 is 0 Å². The highest BCUT2D eigenvalue weighted by atomic mass is 16.6. The first-order valence-corrected chi connectivity index (χ1v) is 36.4. The SMILES string of the molecule is CC/C=C\C/C=C\C/C=C\C/C=C\CCCCCCCCCCCCC(=O)OCC(COC(=O)CCCCCCCCCCC/C=C\C/C=C\CCCCC)OC(=O)CCCCCCCCCCCCCCCCCCCCCCCCC. The summed E-state index contributed by atoms with van der Waals surface area (Å²) in [7, 11) is 0. The smallest absolute Gasteiger partial charge is 0.306 e. The van der Waals surface area contributed by atoms with E-state index in [1.165, 1.54) is 250 Å². The maximum Gasteiger partial charge on any atom is 0.306 e. The molecule has 0 aliphatic carbocycles. The van der Waals surface area contributed by atoms with Gasteiger partial charge in [0.1, 0.15) is 13.2 Å². The summed E-state index contributed by atoms with van der Waals surface area (Å²) in [6.45, 7) is 6.57. The second-order valence-electron chi connectivity index (χ2n) is 24.5. The molecule has 0 saturated carbocycles. The van der Waals surface area contributed by atoms with Crippen molar-refractivity contribution < 1.29 is 28.6 Å². The van der Waals surface area contributed by atoms with E-state index in [9.17, 15) is 14.4 Å². The average Bonchev–Trinajstić information content (AvgIpc) is 3.49. The molecule has 83 heavy (non-hydrogen) atoms. The third-order valence-corrected chi connectivity index (χ3v) is 16.2. The van der Waals surface area contributed by atoms with Crippen molar-refractivity contribution in [2.75, 3.05) is 13.2 Å². The number of hydrogen-bond acceptors (Lipinski definition) is 6. The molecule has 0 rings (SSSR count). The van der Waals surface area contributed by atoms with Crippen molar-refractivity contribution in [1.82, 2.24) is 0 Å². The van der Waals surface area contributed by atoms with Gasteiger partial charge >= 0.3 is 17.9 Å². The summed E-state index contributed by atoms with van der Waals surface area (Å²) in [5.41, 5.74) is 0. The Bertz CT molecular complexity index is 1520. The van der Waals surface area contributed by atoms with Crippen LogP contribution in [0.25, 0.3) is 0 Å². The van der Waals surface area contributed by atoms with Crippen molar-refractivity contribution in [3.63, 3.8) is 0 Å². The van der Waals surface area contributed by atoms with E-state index in [4.69, 9.17) is 14.2 Å². The van der Waals surface area contributed by atoms with Crippen molar-refractivity contribution in [3.8, 4) is 0 Å². The highest BCUT2D eigenvalue weighted by Gasteiger charge is 2.19. The molecule has 1 unspecified atom stereocenters. The van der Waals surface area contributed by atoms with Crippen LogP contribution in [0, 0.1) is 0 Å². The number of esters is 3. The van der Waals surface area contributed by atoms with Crippen molar-refractivity contribution in [2.24, 2.45) is 0 Å². The third kappa shape index (κ3) is 69.5. The normalized spacial score (nSPS) is 12.5. The van der Waals surface area contributed by atoms with Crippen LogP contribution in [0.15, 0.2) is 72.9 Å². The average molecular weight is 1160 g/mol. The molecule has 6 heteroatoms. The number of allylic oxidation sites excluding steroid dienone is 12. The fraction of sp³-hybridized carbons (Fsp3) is 0.805. The monoisotopic (exact) mass is 1160 g/mol. The Hall–Kier alpha value is -3.15. The number of rotatable bonds is 67. The van der Waals surface area contributed by atoms with Gasteiger partial charge in [-0.2, -0.15) is 0 Å². The van der Waals surface area contributed by atoms with Crippen LogP contribution in [0.3, 0.4) is 0 Å². The molecule has 0 N–H and O–H groups in total. The molecule has 6 nitrogen and oxygen atoms in total. The lowest BCUT2D eigenvalue weighted by molar-refractivity contribution is -0.167. The minimum atomic E-state index is -0.780. The summed E-state index contributed by atoms with van der Waals surface area (Å²) < 4.78 is 17.0. The van der Waals surface area contributed by atoms with Crippen molar-refractivity contribution in [2.45, 2.75) is 386 Å². The molecular formula is C77H138O6. The summed E-state index contributed by atoms with van der Waals surface area (Å²) in [5.74, 6) is -0.857. The van der Waals surface area contributed by atoms with E-state index >= 15 is 0 Å². The number of hydrogen-bond donors (Lipinski definition) is 0. The molecule has 0 spiro atoms. The first-order chi connectivity index (χ1) is 41.0. The van der Waals surface area contributed by atoms with Crippen LogP contribution < -0.4 is 0 Å². The number of carbonyl (C=O) groups is 3. The van der Waals surface area contributed by atoms with Crippen molar-refractivity contribution >= 4 is 17.9 Å². The van der Waals surface area contributed by atoms with Gasteiger partial charge in [0.05, 0.1) is 0 Å². The molecular weight excluding hydrogens is 1020 g/mol. The van der Waals surface area contributed by atoms with E-state index in [2.05, 4.69) is 93.7 Å². The van der Waals surface area contributed by atoms with Crippen LogP contribution in [0.5, 0.6) is 0 Å². The molecule has 0 fully saturated rings. The van der Waals surface area contributed by atoms with E-state index < -0.39 is 6.10 Å².